The van der Waals surface area contributed by atoms with Crippen LogP contribution in [0.1, 0.15) is 6.42 Å². The molecule has 2 fully saturated rings. The van der Waals surface area contributed by atoms with Gasteiger partial charge in [0, 0.05) is 6.42 Å². The van der Waals surface area contributed by atoms with Gasteiger partial charge in [0.25, 0.3) is 0 Å². The van der Waals surface area contributed by atoms with E-state index in [2.05, 4.69) is 0 Å². The van der Waals surface area contributed by atoms with E-state index >= 15 is 0 Å². The van der Waals surface area contributed by atoms with Crippen LogP contribution in [0, 0.1) is 6.10 Å². The fourth-order valence-corrected chi connectivity index (χ4v) is 0.708. The lowest BCUT2D eigenvalue weighted by atomic mass is 10.1. The molecule has 1 radical (unpaired) electrons. The van der Waals surface area contributed by atoms with Crippen LogP contribution in [0.5, 0.6) is 0 Å². The summed E-state index contributed by atoms with van der Waals surface area (Å²) in [6.45, 7) is 1.81. The third-order valence-electron chi connectivity index (χ3n) is 1.33. The highest BCUT2D eigenvalue weighted by atomic mass is 16.6. The predicted molar refractivity (Wildman–Crippen MR) is 23.6 cm³/mol. The van der Waals surface area contributed by atoms with Gasteiger partial charge in [0.15, 0.2) is 0 Å². The summed E-state index contributed by atoms with van der Waals surface area (Å²) in [5, 5.41) is 0. The SMILES string of the molecule is C1C[C](C2CO2)O1. The van der Waals surface area contributed by atoms with E-state index < -0.39 is 0 Å². The lowest BCUT2D eigenvalue weighted by Gasteiger charge is -2.22. The first-order valence-electron chi connectivity index (χ1n) is 2.57. The summed E-state index contributed by atoms with van der Waals surface area (Å²) in [6.07, 6.45) is 2.69. The maximum atomic E-state index is 5.05. The van der Waals surface area contributed by atoms with Crippen LogP contribution in [0.2, 0.25) is 0 Å². The Morgan fingerprint density at radius 2 is 2.29 bits per heavy atom. The van der Waals surface area contributed by atoms with Crippen molar-refractivity contribution >= 4 is 0 Å². The molecule has 39 valence electrons. The molecule has 0 amide bonds. The second-order valence-corrected chi connectivity index (χ2v) is 1.89. The normalized spacial score (nSPS) is 40.3. The molecule has 2 heterocycles. The van der Waals surface area contributed by atoms with Crippen LogP contribution < -0.4 is 0 Å². The van der Waals surface area contributed by atoms with Crippen molar-refractivity contribution in [2.24, 2.45) is 0 Å². The minimum absolute atomic E-state index is 0.397. The molecule has 0 aromatic rings. The molecule has 0 spiro atoms. The molecular formula is C5H7O2. The van der Waals surface area contributed by atoms with Crippen molar-refractivity contribution in [3.05, 3.63) is 6.10 Å². The quantitative estimate of drug-likeness (QED) is 0.442. The Balaban J connectivity index is 1.83. The summed E-state index contributed by atoms with van der Waals surface area (Å²) in [5.74, 6) is 0. The Labute approximate surface area is 42.4 Å². The molecule has 0 bridgehead atoms. The minimum atomic E-state index is 0.397. The number of ether oxygens (including phenoxy) is 2. The molecule has 2 saturated heterocycles. The Morgan fingerprint density at radius 3 is 2.43 bits per heavy atom. The van der Waals surface area contributed by atoms with Crippen LogP contribution in [0.15, 0.2) is 0 Å². The summed E-state index contributed by atoms with van der Waals surface area (Å²) in [6, 6.07) is 0. The highest BCUT2D eigenvalue weighted by Gasteiger charge is 2.38. The fourth-order valence-electron chi connectivity index (χ4n) is 0.708. The fraction of sp³-hybridized carbons (Fsp3) is 0.800. The second kappa shape index (κ2) is 1.20. The highest BCUT2D eigenvalue weighted by molar-refractivity contribution is 5.00. The summed E-state index contributed by atoms with van der Waals surface area (Å²) in [4.78, 5) is 0. The van der Waals surface area contributed by atoms with Gasteiger partial charge in [-0.15, -0.1) is 0 Å². The molecule has 2 heteroatoms. The molecule has 0 N–H and O–H groups in total. The van der Waals surface area contributed by atoms with Gasteiger partial charge in [-0.25, -0.2) is 0 Å². The zero-order chi connectivity index (χ0) is 4.69. The first kappa shape index (κ1) is 3.87. The van der Waals surface area contributed by atoms with Gasteiger partial charge in [-0.1, -0.05) is 0 Å². The van der Waals surface area contributed by atoms with Gasteiger partial charge in [-0.3, -0.25) is 0 Å². The molecule has 7 heavy (non-hydrogen) atoms. The van der Waals surface area contributed by atoms with Crippen molar-refractivity contribution in [2.45, 2.75) is 12.5 Å². The van der Waals surface area contributed by atoms with Crippen LogP contribution in [0.3, 0.4) is 0 Å². The molecule has 2 rings (SSSR count). The van der Waals surface area contributed by atoms with Crippen molar-refractivity contribution in [1.82, 2.24) is 0 Å². The van der Waals surface area contributed by atoms with E-state index in [0.717, 1.165) is 19.6 Å². The number of hydrogen-bond donors (Lipinski definition) is 0. The lowest BCUT2D eigenvalue weighted by Crippen LogP contribution is -2.22. The summed E-state index contributed by atoms with van der Waals surface area (Å²) >= 11 is 0. The predicted octanol–water partition coefficient (Wildman–Crippen LogP) is 0.337. The van der Waals surface area contributed by atoms with Gasteiger partial charge in [0.2, 0.25) is 0 Å². The van der Waals surface area contributed by atoms with Crippen LogP contribution in [-0.4, -0.2) is 19.3 Å². The molecule has 2 aliphatic heterocycles. The number of epoxide rings is 1. The highest BCUT2D eigenvalue weighted by Crippen LogP contribution is 2.32. The van der Waals surface area contributed by atoms with Gasteiger partial charge in [0.05, 0.1) is 13.2 Å². The van der Waals surface area contributed by atoms with Crippen molar-refractivity contribution in [2.75, 3.05) is 13.2 Å². The van der Waals surface area contributed by atoms with Gasteiger partial charge < -0.3 is 9.47 Å². The minimum Gasteiger partial charge on any atom is -0.370 e. The Hall–Kier alpha value is -0.0800. The molecule has 2 nitrogen and oxygen atoms in total. The zero-order valence-electron chi connectivity index (χ0n) is 4.02. The number of rotatable bonds is 1. The van der Waals surface area contributed by atoms with Crippen molar-refractivity contribution in [3.63, 3.8) is 0 Å². The molecule has 0 aliphatic carbocycles. The van der Waals surface area contributed by atoms with Crippen LogP contribution in [-0.2, 0) is 9.47 Å². The van der Waals surface area contributed by atoms with E-state index in [4.69, 9.17) is 9.47 Å². The molecule has 1 unspecified atom stereocenters. The van der Waals surface area contributed by atoms with E-state index in [1.165, 1.54) is 6.10 Å². The second-order valence-electron chi connectivity index (χ2n) is 1.89. The van der Waals surface area contributed by atoms with Crippen LogP contribution >= 0.6 is 0 Å². The molecule has 2 aliphatic rings. The van der Waals surface area contributed by atoms with Crippen molar-refractivity contribution in [3.8, 4) is 0 Å². The van der Waals surface area contributed by atoms with E-state index in [0.29, 0.717) is 6.10 Å². The van der Waals surface area contributed by atoms with Crippen LogP contribution in [0.4, 0.5) is 0 Å². The van der Waals surface area contributed by atoms with Crippen LogP contribution in [0.25, 0.3) is 0 Å². The smallest absolute Gasteiger partial charge is 0.130 e. The van der Waals surface area contributed by atoms with Gasteiger partial charge >= 0.3 is 0 Å². The Kier molecular flexibility index (Phi) is 0.664. The monoisotopic (exact) mass is 99.0 g/mol. The van der Waals surface area contributed by atoms with Gasteiger partial charge in [-0.05, 0) is 0 Å². The molecular weight excluding hydrogens is 92.1 g/mol. The van der Waals surface area contributed by atoms with Crippen molar-refractivity contribution in [1.29, 1.82) is 0 Å². The van der Waals surface area contributed by atoms with E-state index in [9.17, 15) is 0 Å². The maximum absolute atomic E-state index is 5.05. The average molecular weight is 99.1 g/mol. The van der Waals surface area contributed by atoms with E-state index in [1.54, 1.807) is 0 Å². The molecule has 0 saturated carbocycles. The first-order valence-corrected chi connectivity index (χ1v) is 2.57. The third-order valence-corrected chi connectivity index (χ3v) is 1.33. The summed E-state index contributed by atoms with van der Waals surface area (Å²) in [5.41, 5.74) is 0. The van der Waals surface area contributed by atoms with Crippen molar-refractivity contribution < 1.29 is 9.47 Å². The topological polar surface area (TPSA) is 21.8 Å². The first-order chi connectivity index (χ1) is 3.47. The molecule has 0 aromatic heterocycles. The Bertz CT molecular complexity index is 74.1. The lowest BCUT2D eigenvalue weighted by molar-refractivity contribution is 0.0243. The maximum Gasteiger partial charge on any atom is 0.130 e. The standard InChI is InChI=1S/C5H7O2/c1-2-6-4(1)5-3-7-5/h5H,1-3H2. The average Bonchev–Trinajstić information content (AvgIpc) is 2.10. The summed E-state index contributed by atoms with van der Waals surface area (Å²) < 4.78 is 10.00. The molecule has 0 aromatic carbocycles. The number of hydrogen-bond acceptors (Lipinski definition) is 2. The van der Waals surface area contributed by atoms with E-state index in [1.807, 2.05) is 0 Å². The molecule has 1 atom stereocenters. The third kappa shape index (κ3) is 0.545. The van der Waals surface area contributed by atoms with E-state index in [-0.39, 0.29) is 0 Å². The largest absolute Gasteiger partial charge is 0.370 e. The van der Waals surface area contributed by atoms with Gasteiger partial charge in [0.1, 0.15) is 12.2 Å². The zero-order valence-corrected chi connectivity index (χ0v) is 4.02. The Morgan fingerprint density at radius 1 is 1.57 bits per heavy atom. The van der Waals surface area contributed by atoms with Gasteiger partial charge in [-0.2, -0.15) is 0 Å². The summed E-state index contributed by atoms with van der Waals surface area (Å²) in [7, 11) is 0.